The number of carboxylic acid groups (broad SMARTS) is 1. The molecular weight excluding hydrogens is 284 g/mol. The van der Waals surface area contributed by atoms with E-state index >= 15 is 0 Å². The molecule has 1 aromatic heterocycles. The van der Waals surface area contributed by atoms with Crippen LogP contribution in [0, 0.1) is 0 Å². The average molecular weight is 297 g/mol. The molecule has 2 rings (SSSR count). The number of carbonyl (C=O) groups is 1. The molecule has 0 unspecified atom stereocenters. The van der Waals surface area contributed by atoms with E-state index in [9.17, 15) is 13.6 Å². The highest BCUT2D eigenvalue weighted by Gasteiger charge is 2.13. The van der Waals surface area contributed by atoms with Gasteiger partial charge in [0.1, 0.15) is 18.1 Å². The lowest BCUT2D eigenvalue weighted by molar-refractivity contribution is -0.137. The minimum Gasteiger partial charge on any atom is -0.480 e. The molecule has 6 nitrogen and oxygen atoms in total. The quantitative estimate of drug-likeness (QED) is 0.884. The van der Waals surface area contributed by atoms with Crippen LogP contribution in [-0.2, 0) is 17.8 Å². The van der Waals surface area contributed by atoms with Crippen molar-refractivity contribution in [2.75, 3.05) is 0 Å². The molecule has 1 N–H and O–H groups in total. The van der Waals surface area contributed by atoms with Gasteiger partial charge in [0.2, 0.25) is 0 Å². The molecule has 0 spiro atoms. The van der Waals surface area contributed by atoms with Gasteiger partial charge < -0.3 is 9.84 Å². The maximum Gasteiger partial charge on any atom is 0.387 e. The summed E-state index contributed by atoms with van der Waals surface area (Å²) >= 11 is 0. The van der Waals surface area contributed by atoms with Crippen molar-refractivity contribution in [1.29, 1.82) is 0 Å². The number of benzene rings is 1. The Morgan fingerprint density at radius 1 is 1.38 bits per heavy atom. The van der Waals surface area contributed by atoms with Crippen LogP contribution in [0.2, 0.25) is 0 Å². The monoisotopic (exact) mass is 297 g/mol. The van der Waals surface area contributed by atoms with E-state index in [0.29, 0.717) is 23.6 Å². The van der Waals surface area contributed by atoms with Crippen molar-refractivity contribution in [1.82, 2.24) is 14.8 Å². The lowest BCUT2D eigenvalue weighted by atomic mass is 10.2. The zero-order chi connectivity index (χ0) is 15.4. The molecule has 1 heterocycles. The van der Waals surface area contributed by atoms with E-state index < -0.39 is 12.6 Å². The van der Waals surface area contributed by atoms with Gasteiger partial charge in [-0.05, 0) is 24.3 Å². The van der Waals surface area contributed by atoms with Crippen molar-refractivity contribution in [2.24, 2.45) is 0 Å². The van der Waals surface area contributed by atoms with Crippen LogP contribution in [-0.4, -0.2) is 32.5 Å². The molecule has 1 aromatic carbocycles. The molecule has 0 aliphatic carbocycles. The van der Waals surface area contributed by atoms with Crippen LogP contribution in [0.4, 0.5) is 8.78 Å². The van der Waals surface area contributed by atoms with E-state index in [2.05, 4.69) is 14.8 Å². The standard InChI is InChI=1S/C13H13F2N3O3/c1-2-10-16-12(17-18(10)7-11(19)20)8-3-5-9(6-4-8)21-13(14)15/h3-6,13H,2,7H2,1H3,(H,19,20). The number of ether oxygens (including phenoxy) is 1. The number of rotatable bonds is 6. The van der Waals surface area contributed by atoms with Gasteiger partial charge in [-0.2, -0.15) is 13.9 Å². The number of carboxylic acids is 1. The summed E-state index contributed by atoms with van der Waals surface area (Å²) in [5, 5.41) is 12.9. The summed E-state index contributed by atoms with van der Waals surface area (Å²) in [6, 6.07) is 5.84. The molecule has 112 valence electrons. The van der Waals surface area contributed by atoms with Crippen LogP contribution < -0.4 is 4.74 Å². The third-order valence-corrected chi connectivity index (χ3v) is 2.69. The van der Waals surface area contributed by atoms with Crippen molar-refractivity contribution < 1.29 is 23.4 Å². The molecule has 0 bridgehead atoms. The highest BCUT2D eigenvalue weighted by molar-refractivity contribution is 5.66. The molecule has 2 aromatic rings. The second kappa shape index (κ2) is 6.29. The van der Waals surface area contributed by atoms with Gasteiger partial charge in [0.15, 0.2) is 5.82 Å². The van der Waals surface area contributed by atoms with Crippen LogP contribution in [0.5, 0.6) is 5.75 Å². The molecule has 0 amide bonds. The second-order valence-corrected chi connectivity index (χ2v) is 4.16. The predicted octanol–water partition coefficient (Wildman–Crippen LogP) is 2.19. The Kier molecular flexibility index (Phi) is 4.46. The van der Waals surface area contributed by atoms with Crippen molar-refractivity contribution in [2.45, 2.75) is 26.5 Å². The van der Waals surface area contributed by atoms with Gasteiger partial charge >= 0.3 is 12.6 Å². The van der Waals surface area contributed by atoms with E-state index in [1.54, 1.807) is 0 Å². The lowest BCUT2D eigenvalue weighted by Crippen LogP contribution is -2.12. The Morgan fingerprint density at radius 2 is 2.05 bits per heavy atom. The first kappa shape index (κ1) is 14.9. The molecule has 0 saturated carbocycles. The number of nitrogens with zero attached hydrogens (tertiary/aromatic N) is 3. The van der Waals surface area contributed by atoms with E-state index in [-0.39, 0.29) is 12.3 Å². The van der Waals surface area contributed by atoms with Crippen LogP contribution in [0.25, 0.3) is 11.4 Å². The SMILES string of the molecule is CCc1nc(-c2ccc(OC(F)F)cc2)nn1CC(=O)O. The number of aliphatic carboxylic acids is 1. The van der Waals surface area contributed by atoms with Crippen LogP contribution in [0.3, 0.4) is 0 Å². The molecule has 21 heavy (non-hydrogen) atoms. The molecule has 8 heteroatoms. The number of aromatic nitrogens is 3. The molecular formula is C13H13F2N3O3. The lowest BCUT2D eigenvalue weighted by Gasteiger charge is -2.03. The normalized spacial score (nSPS) is 10.9. The summed E-state index contributed by atoms with van der Waals surface area (Å²) in [6.07, 6.45) is 0.535. The van der Waals surface area contributed by atoms with Crippen LogP contribution >= 0.6 is 0 Å². The number of hydrogen-bond acceptors (Lipinski definition) is 4. The van der Waals surface area contributed by atoms with Crippen molar-refractivity contribution >= 4 is 5.97 Å². The largest absolute Gasteiger partial charge is 0.480 e. The van der Waals surface area contributed by atoms with E-state index in [1.165, 1.54) is 28.9 Å². The number of aryl methyl sites for hydroxylation is 1. The molecule has 0 saturated heterocycles. The summed E-state index contributed by atoms with van der Waals surface area (Å²) in [5.41, 5.74) is 0.593. The fourth-order valence-corrected chi connectivity index (χ4v) is 1.80. The number of hydrogen-bond donors (Lipinski definition) is 1. The van der Waals surface area contributed by atoms with E-state index in [4.69, 9.17) is 5.11 Å². The first-order chi connectivity index (χ1) is 9.99. The third-order valence-electron chi connectivity index (χ3n) is 2.69. The number of halogens is 2. The molecule has 0 fully saturated rings. The van der Waals surface area contributed by atoms with Gasteiger partial charge in [-0.25, -0.2) is 9.67 Å². The summed E-state index contributed by atoms with van der Waals surface area (Å²) in [6.45, 7) is -1.32. The van der Waals surface area contributed by atoms with Crippen molar-refractivity contribution in [3.8, 4) is 17.1 Å². The smallest absolute Gasteiger partial charge is 0.387 e. The first-order valence-electron chi connectivity index (χ1n) is 6.20. The van der Waals surface area contributed by atoms with Gasteiger partial charge in [-0.1, -0.05) is 6.92 Å². The van der Waals surface area contributed by atoms with Gasteiger partial charge in [0.25, 0.3) is 0 Å². The molecule has 0 aliphatic heterocycles. The molecule has 0 atom stereocenters. The molecule has 0 radical (unpaired) electrons. The van der Waals surface area contributed by atoms with Crippen molar-refractivity contribution in [3.63, 3.8) is 0 Å². The molecule has 0 aliphatic rings. The van der Waals surface area contributed by atoms with Crippen LogP contribution in [0.15, 0.2) is 24.3 Å². The van der Waals surface area contributed by atoms with Gasteiger partial charge in [0.05, 0.1) is 0 Å². The Morgan fingerprint density at radius 3 is 2.57 bits per heavy atom. The fourth-order valence-electron chi connectivity index (χ4n) is 1.80. The van der Waals surface area contributed by atoms with E-state index in [1.807, 2.05) is 6.92 Å². The number of alkyl halides is 2. The topological polar surface area (TPSA) is 77.2 Å². The Balaban J connectivity index is 2.25. The Labute approximate surface area is 119 Å². The Bertz CT molecular complexity index is 626. The summed E-state index contributed by atoms with van der Waals surface area (Å²) in [5.74, 6) is -0.0896. The third kappa shape index (κ3) is 3.74. The first-order valence-corrected chi connectivity index (χ1v) is 6.20. The van der Waals surface area contributed by atoms with E-state index in [0.717, 1.165) is 0 Å². The second-order valence-electron chi connectivity index (χ2n) is 4.16. The average Bonchev–Trinajstić information content (AvgIpc) is 2.81. The maximum atomic E-state index is 12.1. The summed E-state index contributed by atoms with van der Waals surface area (Å²) < 4.78 is 29.7. The van der Waals surface area contributed by atoms with Gasteiger partial charge in [-0.3, -0.25) is 4.79 Å². The predicted molar refractivity (Wildman–Crippen MR) is 69.1 cm³/mol. The Hall–Kier alpha value is -2.51. The summed E-state index contributed by atoms with van der Waals surface area (Å²) in [7, 11) is 0. The maximum absolute atomic E-state index is 12.1. The minimum atomic E-state index is -2.88. The van der Waals surface area contributed by atoms with Crippen LogP contribution in [0.1, 0.15) is 12.7 Å². The van der Waals surface area contributed by atoms with Gasteiger partial charge in [-0.15, -0.1) is 0 Å². The zero-order valence-electron chi connectivity index (χ0n) is 11.2. The highest BCUT2D eigenvalue weighted by Crippen LogP contribution is 2.21. The fraction of sp³-hybridized carbons (Fsp3) is 0.308. The minimum absolute atomic E-state index is 0.0365. The van der Waals surface area contributed by atoms with Gasteiger partial charge in [0, 0.05) is 12.0 Å². The zero-order valence-corrected chi connectivity index (χ0v) is 11.2. The highest BCUT2D eigenvalue weighted by atomic mass is 19.3. The summed E-state index contributed by atoms with van der Waals surface area (Å²) in [4.78, 5) is 15.0. The van der Waals surface area contributed by atoms with Crippen molar-refractivity contribution in [3.05, 3.63) is 30.1 Å².